The number of phenols is 2. The van der Waals surface area contributed by atoms with E-state index < -0.39 is 76.2 Å². The minimum absolute atomic E-state index is 0.127. The SMILES string of the molecule is CN(C)CCn1nnnc1SCC1=C(C(=O)O)N2C(=O)[C@@H](NC(=O)C(NC(=O)c3coc4cc(O)c(O)cc4c3=O)c3ccc(OCC(=O)O)cc3)[C@@H]2SC1. The number of carbonyl (C=O) groups is 5. The molecule has 2 aromatic heterocycles. The maximum Gasteiger partial charge on any atom is 0.352 e. The van der Waals surface area contributed by atoms with Crippen LogP contribution in [-0.2, 0) is 25.7 Å². The Morgan fingerprint density at radius 2 is 1.84 bits per heavy atom. The predicted octanol–water partition coefficient (Wildman–Crippen LogP) is 0.218. The molecule has 6 rings (SSSR count). The van der Waals surface area contributed by atoms with Crippen molar-refractivity contribution in [2.75, 3.05) is 38.8 Å². The molecule has 6 N–H and O–H groups in total. The lowest BCUT2D eigenvalue weighted by atomic mass is 10.0. The second-order valence-electron chi connectivity index (χ2n) is 12.4. The zero-order valence-electron chi connectivity index (χ0n) is 28.9. The normalized spacial score (nSPS) is 17.1. The number of carboxylic acid groups (broad SMARTS) is 2. The van der Waals surface area contributed by atoms with Gasteiger partial charge in [0.2, 0.25) is 16.5 Å². The standard InChI is InChI=1S/C33H32N8O12S2/c1-39(2)7-8-40-33(36-37-38-40)55-14-16-13-54-31-25(30(49)41(31)26(16)32(50)51)35-29(48)24(15-3-5-17(6-4-15)52-12-23(44)45)34-28(47)19-11-53-22-10-21(43)20(42)9-18(22)27(19)46/h3-6,9-11,24-25,31,42-43H,7-8,12-14H2,1-2H3,(H,34,47)(H,35,48)(H,44,45)(H,50,51)/t24?,25-,31+/m1/s1. The molecule has 3 amide bonds. The van der Waals surface area contributed by atoms with Gasteiger partial charge >= 0.3 is 11.9 Å². The van der Waals surface area contributed by atoms with E-state index in [1.807, 2.05) is 19.0 Å². The maximum atomic E-state index is 13.9. The first-order valence-corrected chi connectivity index (χ1v) is 18.2. The van der Waals surface area contributed by atoms with Crippen molar-refractivity contribution in [3.8, 4) is 17.2 Å². The maximum absolute atomic E-state index is 13.9. The third kappa shape index (κ3) is 8.19. The fourth-order valence-electron chi connectivity index (χ4n) is 5.64. The number of likely N-dealkylation sites (N-methyl/N-ethyl adjacent to an activating group) is 1. The molecule has 1 unspecified atom stereocenters. The number of carbonyl (C=O) groups excluding carboxylic acids is 3. The van der Waals surface area contributed by atoms with E-state index in [0.717, 1.165) is 23.3 Å². The molecule has 20 nitrogen and oxygen atoms in total. The predicted molar refractivity (Wildman–Crippen MR) is 192 cm³/mol. The van der Waals surface area contributed by atoms with Crippen LogP contribution in [0, 0.1) is 0 Å². The Bertz CT molecular complexity index is 2280. The molecule has 22 heteroatoms. The van der Waals surface area contributed by atoms with Crippen molar-refractivity contribution in [1.29, 1.82) is 0 Å². The van der Waals surface area contributed by atoms with E-state index in [1.165, 1.54) is 47.8 Å². The molecule has 4 aromatic rings. The van der Waals surface area contributed by atoms with Crippen LogP contribution in [-0.4, -0.2) is 130 Å². The number of thioether (sulfide) groups is 2. The zero-order valence-corrected chi connectivity index (χ0v) is 30.5. The van der Waals surface area contributed by atoms with Crippen LogP contribution in [0.25, 0.3) is 11.0 Å². The van der Waals surface area contributed by atoms with E-state index in [0.29, 0.717) is 23.8 Å². The molecular formula is C33H32N8O12S2. The van der Waals surface area contributed by atoms with Crippen molar-refractivity contribution in [3.63, 3.8) is 0 Å². The molecule has 2 aromatic carbocycles. The summed E-state index contributed by atoms with van der Waals surface area (Å²) in [4.78, 5) is 80.7. The first kappa shape index (κ1) is 38.6. The zero-order chi connectivity index (χ0) is 39.6. The van der Waals surface area contributed by atoms with Gasteiger partial charge in [0.15, 0.2) is 18.1 Å². The number of fused-ring (bicyclic) bond motifs is 2. The highest BCUT2D eigenvalue weighted by Gasteiger charge is 2.54. The minimum atomic E-state index is -1.56. The largest absolute Gasteiger partial charge is 0.504 e. The van der Waals surface area contributed by atoms with Crippen LogP contribution >= 0.6 is 23.5 Å². The van der Waals surface area contributed by atoms with Crippen LogP contribution in [0.1, 0.15) is 22.0 Å². The number of carboxylic acids is 2. The average Bonchev–Trinajstić information content (AvgIpc) is 3.61. The lowest BCUT2D eigenvalue weighted by Crippen LogP contribution is -2.71. The molecule has 0 saturated carbocycles. The smallest absolute Gasteiger partial charge is 0.352 e. The van der Waals surface area contributed by atoms with Gasteiger partial charge in [0.05, 0.1) is 11.9 Å². The number of β-lactam (4-membered cyclic amide) rings is 1. The van der Waals surface area contributed by atoms with E-state index in [2.05, 4.69) is 26.2 Å². The Balaban J connectivity index is 1.22. The molecule has 0 radical (unpaired) electrons. The fraction of sp³-hybridized carbons (Fsp3) is 0.303. The van der Waals surface area contributed by atoms with Crippen molar-refractivity contribution in [1.82, 2.24) is 40.6 Å². The number of aromatic nitrogens is 4. The van der Waals surface area contributed by atoms with Crippen molar-refractivity contribution in [2.45, 2.75) is 29.2 Å². The number of aromatic hydroxyl groups is 2. The number of hydrogen-bond donors (Lipinski definition) is 6. The summed E-state index contributed by atoms with van der Waals surface area (Å²) in [5.41, 5.74) is -1.20. The van der Waals surface area contributed by atoms with E-state index in [-0.39, 0.29) is 39.5 Å². The molecule has 0 aliphatic carbocycles. The topological polar surface area (TPSA) is 280 Å². The molecule has 2 aliphatic rings. The minimum Gasteiger partial charge on any atom is -0.504 e. The average molecular weight is 797 g/mol. The van der Waals surface area contributed by atoms with Gasteiger partial charge < -0.3 is 45.1 Å². The van der Waals surface area contributed by atoms with Crippen LogP contribution in [0.4, 0.5) is 0 Å². The van der Waals surface area contributed by atoms with Gasteiger partial charge in [-0.15, -0.1) is 16.9 Å². The molecule has 2 aliphatic heterocycles. The Labute approximate surface area is 318 Å². The number of nitrogens with zero attached hydrogens (tertiary/aromatic N) is 6. The highest BCUT2D eigenvalue weighted by atomic mass is 32.2. The highest BCUT2D eigenvalue weighted by Crippen LogP contribution is 2.42. The van der Waals surface area contributed by atoms with Gasteiger partial charge in [-0.1, -0.05) is 23.9 Å². The number of nitrogens with one attached hydrogen (secondary N) is 2. The van der Waals surface area contributed by atoms with Gasteiger partial charge in [-0.3, -0.25) is 24.1 Å². The van der Waals surface area contributed by atoms with Crippen LogP contribution in [0.2, 0.25) is 0 Å². The number of benzene rings is 2. The van der Waals surface area contributed by atoms with Gasteiger partial charge in [0.25, 0.3) is 11.8 Å². The highest BCUT2D eigenvalue weighted by molar-refractivity contribution is 8.01. The number of tetrazole rings is 1. The molecule has 1 saturated heterocycles. The summed E-state index contributed by atoms with van der Waals surface area (Å²) in [6, 6.07) is 4.58. The van der Waals surface area contributed by atoms with Crippen molar-refractivity contribution in [2.24, 2.45) is 0 Å². The molecule has 0 spiro atoms. The second kappa shape index (κ2) is 16.1. The summed E-state index contributed by atoms with van der Waals surface area (Å²) in [6.07, 6.45) is 0.820. The summed E-state index contributed by atoms with van der Waals surface area (Å²) < 4.78 is 12.1. The molecular weight excluding hydrogens is 765 g/mol. The lowest BCUT2D eigenvalue weighted by molar-refractivity contribution is -0.151. The second-order valence-corrected chi connectivity index (χ2v) is 14.5. The number of phenolic OH excluding ortho intramolecular Hbond substituents is 2. The van der Waals surface area contributed by atoms with Crippen LogP contribution in [0.15, 0.2) is 68.3 Å². The number of hydrogen-bond acceptors (Lipinski definition) is 16. The Kier molecular flexibility index (Phi) is 11.3. The Morgan fingerprint density at radius 1 is 1.11 bits per heavy atom. The Hall–Kier alpha value is -6.13. The van der Waals surface area contributed by atoms with Crippen LogP contribution < -0.4 is 20.8 Å². The van der Waals surface area contributed by atoms with E-state index in [1.54, 1.807) is 4.68 Å². The van der Waals surface area contributed by atoms with E-state index >= 15 is 0 Å². The van der Waals surface area contributed by atoms with Gasteiger partial charge in [0, 0.05) is 24.1 Å². The summed E-state index contributed by atoms with van der Waals surface area (Å²) in [5.74, 6) is -5.92. The number of rotatable bonds is 15. The fourth-order valence-corrected chi connectivity index (χ4v) is 8.03. The van der Waals surface area contributed by atoms with E-state index in [9.17, 15) is 44.1 Å². The first-order chi connectivity index (χ1) is 26.2. The third-order valence-corrected chi connectivity index (χ3v) is 10.8. The third-order valence-electron chi connectivity index (χ3n) is 8.41. The number of ether oxygens (including phenoxy) is 1. The monoisotopic (exact) mass is 796 g/mol. The van der Waals surface area contributed by atoms with Crippen molar-refractivity contribution >= 4 is 64.2 Å². The molecule has 0 bridgehead atoms. The van der Waals surface area contributed by atoms with Crippen LogP contribution in [0.3, 0.4) is 0 Å². The van der Waals surface area contributed by atoms with Gasteiger partial charge in [-0.05, 0) is 53.9 Å². The molecule has 55 heavy (non-hydrogen) atoms. The molecule has 3 atom stereocenters. The quantitative estimate of drug-likeness (QED) is 0.0533. The van der Waals surface area contributed by atoms with Gasteiger partial charge in [-0.2, -0.15) is 0 Å². The van der Waals surface area contributed by atoms with Crippen LogP contribution in [0.5, 0.6) is 17.2 Å². The molecule has 4 heterocycles. The van der Waals surface area contributed by atoms with Crippen molar-refractivity contribution < 1.29 is 53.6 Å². The summed E-state index contributed by atoms with van der Waals surface area (Å²) >= 11 is 2.45. The first-order valence-electron chi connectivity index (χ1n) is 16.2. The van der Waals surface area contributed by atoms with Crippen molar-refractivity contribution in [3.05, 3.63) is 75.3 Å². The summed E-state index contributed by atoms with van der Waals surface area (Å²) in [7, 11) is 3.80. The number of amides is 3. The Morgan fingerprint density at radius 3 is 2.53 bits per heavy atom. The molecule has 1 fully saturated rings. The van der Waals surface area contributed by atoms with E-state index in [4.69, 9.17) is 14.3 Å². The van der Waals surface area contributed by atoms with Gasteiger partial charge in [0.1, 0.15) is 46.3 Å². The number of aliphatic carboxylic acids is 2. The van der Waals surface area contributed by atoms with Gasteiger partial charge in [-0.25, -0.2) is 14.3 Å². The molecule has 288 valence electrons. The summed E-state index contributed by atoms with van der Waals surface area (Å²) in [6.45, 7) is 0.529. The summed E-state index contributed by atoms with van der Waals surface area (Å²) in [5, 5.41) is 55.0. The lowest BCUT2D eigenvalue weighted by Gasteiger charge is -2.49.